The molecule has 1 heterocycles. The molecule has 1 aliphatic heterocycles. The molecule has 0 aromatic heterocycles. The predicted molar refractivity (Wildman–Crippen MR) is 139 cm³/mol. The molecule has 1 aliphatic rings. The highest BCUT2D eigenvalue weighted by Gasteiger charge is 2.33. The van der Waals surface area contributed by atoms with Crippen molar-refractivity contribution in [1.29, 1.82) is 0 Å². The minimum atomic E-state index is -0.313. The van der Waals surface area contributed by atoms with Gasteiger partial charge in [-0.2, -0.15) is 0 Å². The summed E-state index contributed by atoms with van der Waals surface area (Å²) in [6.45, 7) is 2.07. The van der Waals surface area contributed by atoms with E-state index in [9.17, 15) is 9.18 Å². The van der Waals surface area contributed by atoms with Crippen LogP contribution in [0.2, 0.25) is 0 Å². The Labute approximate surface area is 211 Å². The van der Waals surface area contributed by atoms with Gasteiger partial charge in [0, 0.05) is 5.56 Å². The van der Waals surface area contributed by atoms with Crippen molar-refractivity contribution in [3.05, 3.63) is 97.0 Å². The molecule has 0 atom stereocenters. The Morgan fingerprint density at radius 2 is 1.81 bits per heavy atom. The van der Waals surface area contributed by atoms with Crippen molar-refractivity contribution in [2.75, 3.05) is 4.90 Å². The lowest BCUT2D eigenvalue weighted by atomic mass is 10.2. The summed E-state index contributed by atoms with van der Waals surface area (Å²) in [5, 5.41) is 0. The van der Waals surface area contributed by atoms with E-state index in [1.807, 2.05) is 43.3 Å². The summed E-state index contributed by atoms with van der Waals surface area (Å²) in [5.41, 5.74) is 3.08. The Bertz CT molecular complexity index is 1240. The smallest absolute Gasteiger partial charge is 0.270 e. The lowest BCUT2D eigenvalue weighted by Crippen LogP contribution is -2.27. The Kier molecular flexibility index (Phi) is 7.14. The van der Waals surface area contributed by atoms with E-state index in [2.05, 4.69) is 31.9 Å². The van der Waals surface area contributed by atoms with Crippen LogP contribution in [0.25, 0.3) is 6.08 Å². The van der Waals surface area contributed by atoms with Crippen molar-refractivity contribution in [2.24, 2.45) is 0 Å². The largest absolute Gasteiger partial charge is 0.486 e. The van der Waals surface area contributed by atoms with Crippen molar-refractivity contribution < 1.29 is 13.9 Å². The van der Waals surface area contributed by atoms with Crippen LogP contribution in [-0.4, -0.2) is 10.2 Å². The minimum absolute atomic E-state index is 0.0956. The number of carbonyl (C=O) groups is 1. The summed E-state index contributed by atoms with van der Waals surface area (Å²) in [6.07, 6.45) is 1.80. The molecule has 0 bridgehead atoms. The standard InChI is InChI=1S/C24H16Br2FNO2S2/c1-14-5-4-7-17(9-14)28-23(29)21(32-24(28)31)12-15-10-18(25)22(19(26)11-15)30-13-16-6-2-3-8-20(16)27/h2-12H,13H2,1H3/b21-12-. The van der Waals surface area contributed by atoms with Crippen molar-refractivity contribution in [3.8, 4) is 5.75 Å². The molecule has 0 N–H and O–H groups in total. The van der Waals surface area contributed by atoms with Crippen LogP contribution < -0.4 is 9.64 Å². The van der Waals surface area contributed by atoms with Gasteiger partial charge in [-0.05, 0) is 86.3 Å². The fourth-order valence-corrected chi connectivity index (χ4v) is 5.92. The van der Waals surface area contributed by atoms with Gasteiger partial charge in [-0.25, -0.2) is 4.39 Å². The Morgan fingerprint density at radius 3 is 2.50 bits per heavy atom. The van der Waals surface area contributed by atoms with Gasteiger partial charge in [0.05, 0.1) is 19.5 Å². The van der Waals surface area contributed by atoms with Crippen LogP contribution >= 0.6 is 55.8 Å². The number of halogens is 3. The summed E-state index contributed by atoms with van der Waals surface area (Å²) in [7, 11) is 0. The van der Waals surface area contributed by atoms with Crippen LogP contribution in [-0.2, 0) is 11.4 Å². The molecule has 1 saturated heterocycles. The lowest BCUT2D eigenvalue weighted by Gasteiger charge is -2.15. The lowest BCUT2D eigenvalue weighted by molar-refractivity contribution is -0.113. The molecule has 3 aromatic carbocycles. The van der Waals surface area contributed by atoms with Crippen LogP contribution in [0.3, 0.4) is 0 Å². The third-order valence-corrected chi connectivity index (χ3v) is 7.18. The maximum atomic E-state index is 13.9. The van der Waals surface area contributed by atoms with Crippen LogP contribution in [0, 0.1) is 12.7 Å². The summed E-state index contributed by atoms with van der Waals surface area (Å²) >= 11 is 13.8. The molecule has 162 valence electrons. The zero-order valence-electron chi connectivity index (χ0n) is 16.8. The van der Waals surface area contributed by atoms with Gasteiger partial charge in [0.1, 0.15) is 18.2 Å². The molecule has 0 saturated carbocycles. The van der Waals surface area contributed by atoms with Gasteiger partial charge in [0.25, 0.3) is 5.91 Å². The summed E-state index contributed by atoms with van der Waals surface area (Å²) in [6, 6.07) is 17.9. The van der Waals surface area contributed by atoms with Crippen LogP contribution in [0.15, 0.2) is 74.5 Å². The fraction of sp³-hybridized carbons (Fsp3) is 0.0833. The molecule has 1 amide bonds. The zero-order chi connectivity index (χ0) is 22.8. The first-order chi connectivity index (χ1) is 15.3. The Hall–Kier alpha value is -2.00. The van der Waals surface area contributed by atoms with Crippen LogP contribution in [0.1, 0.15) is 16.7 Å². The number of carbonyl (C=O) groups excluding carboxylic acids is 1. The molecule has 0 unspecified atom stereocenters. The van der Waals surface area contributed by atoms with E-state index in [0.29, 0.717) is 29.5 Å². The molecule has 32 heavy (non-hydrogen) atoms. The number of thiocarbonyl (C=S) groups is 1. The third kappa shape index (κ3) is 4.98. The van der Waals surface area contributed by atoms with Crippen LogP contribution in [0.4, 0.5) is 10.1 Å². The van der Waals surface area contributed by atoms with E-state index in [0.717, 1.165) is 16.8 Å². The first kappa shape index (κ1) is 23.2. The molecule has 3 nitrogen and oxygen atoms in total. The van der Waals surface area contributed by atoms with E-state index >= 15 is 0 Å². The molecular weight excluding hydrogens is 577 g/mol. The van der Waals surface area contributed by atoms with Gasteiger partial charge < -0.3 is 4.74 Å². The van der Waals surface area contributed by atoms with Gasteiger partial charge in [-0.3, -0.25) is 9.69 Å². The number of ether oxygens (including phenoxy) is 1. The van der Waals surface area contributed by atoms with Crippen molar-refractivity contribution in [2.45, 2.75) is 13.5 Å². The van der Waals surface area contributed by atoms with Crippen molar-refractivity contribution in [3.63, 3.8) is 0 Å². The molecule has 0 spiro atoms. The average molecular weight is 593 g/mol. The highest BCUT2D eigenvalue weighted by molar-refractivity contribution is 9.11. The van der Waals surface area contributed by atoms with E-state index in [-0.39, 0.29) is 18.3 Å². The summed E-state index contributed by atoms with van der Waals surface area (Å²) < 4.78 is 21.6. The number of anilines is 1. The summed E-state index contributed by atoms with van der Waals surface area (Å²) in [5.74, 6) is 0.0856. The molecule has 3 aromatic rings. The van der Waals surface area contributed by atoms with Gasteiger partial charge in [-0.1, -0.05) is 54.3 Å². The number of amides is 1. The maximum absolute atomic E-state index is 13.9. The van der Waals surface area contributed by atoms with Crippen LogP contribution in [0.5, 0.6) is 5.75 Å². The zero-order valence-corrected chi connectivity index (χ0v) is 21.6. The normalized spacial score (nSPS) is 15.0. The molecule has 0 radical (unpaired) electrons. The highest BCUT2D eigenvalue weighted by atomic mass is 79.9. The number of thioether (sulfide) groups is 1. The first-order valence-corrected chi connectivity index (χ1v) is 12.3. The minimum Gasteiger partial charge on any atom is -0.486 e. The second-order valence-corrected chi connectivity index (χ2v) is 10.4. The molecule has 1 fully saturated rings. The molecule has 0 aliphatic carbocycles. The number of hydrogen-bond acceptors (Lipinski definition) is 4. The van der Waals surface area contributed by atoms with Gasteiger partial charge >= 0.3 is 0 Å². The van der Waals surface area contributed by atoms with Crippen molar-refractivity contribution >= 4 is 77.8 Å². The second kappa shape index (κ2) is 9.87. The molecule has 8 heteroatoms. The number of hydrogen-bond donors (Lipinski definition) is 0. The average Bonchev–Trinajstić information content (AvgIpc) is 3.01. The SMILES string of the molecule is Cc1cccc(N2C(=O)/C(=C/c3cc(Br)c(OCc4ccccc4F)c(Br)c3)SC2=S)c1. The number of nitrogens with zero attached hydrogens (tertiary/aromatic N) is 1. The van der Waals surface area contributed by atoms with E-state index in [1.165, 1.54) is 17.8 Å². The number of aryl methyl sites for hydroxylation is 1. The molecular formula is C24H16Br2FNO2S2. The maximum Gasteiger partial charge on any atom is 0.270 e. The van der Waals surface area contributed by atoms with E-state index in [4.69, 9.17) is 17.0 Å². The van der Waals surface area contributed by atoms with E-state index < -0.39 is 0 Å². The quantitative estimate of drug-likeness (QED) is 0.225. The topological polar surface area (TPSA) is 29.5 Å². The van der Waals surface area contributed by atoms with Gasteiger partial charge in [0.15, 0.2) is 4.32 Å². The Morgan fingerprint density at radius 1 is 1.09 bits per heavy atom. The van der Waals surface area contributed by atoms with E-state index in [1.54, 1.807) is 29.2 Å². The Balaban J connectivity index is 1.56. The number of rotatable bonds is 5. The summed E-state index contributed by atoms with van der Waals surface area (Å²) in [4.78, 5) is 15.1. The molecule has 4 rings (SSSR count). The first-order valence-electron chi connectivity index (χ1n) is 9.53. The third-order valence-electron chi connectivity index (χ3n) is 4.70. The van der Waals surface area contributed by atoms with Crippen molar-refractivity contribution in [1.82, 2.24) is 0 Å². The number of benzene rings is 3. The monoisotopic (exact) mass is 591 g/mol. The van der Waals surface area contributed by atoms with Gasteiger partial charge in [-0.15, -0.1) is 0 Å². The second-order valence-electron chi connectivity index (χ2n) is 7.05. The highest BCUT2D eigenvalue weighted by Crippen LogP contribution is 2.39. The van der Waals surface area contributed by atoms with Gasteiger partial charge in [0.2, 0.25) is 0 Å². The fourth-order valence-electron chi connectivity index (χ4n) is 3.17. The predicted octanol–water partition coefficient (Wildman–Crippen LogP) is 7.64.